The van der Waals surface area contributed by atoms with Crippen molar-refractivity contribution in [3.63, 3.8) is 0 Å². The molecule has 0 aliphatic rings. The number of aryl methyl sites for hydroxylation is 1. The summed E-state index contributed by atoms with van der Waals surface area (Å²) in [6.45, 7) is 2.34. The Hall–Kier alpha value is -1.63. The predicted octanol–water partition coefficient (Wildman–Crippen LogP) is 1.55. The van der Waals surface area contributed by atoms with Gasteiger partial charge < -0.3 is 10.6 Å². The lowest BCUT2D eigenvalue weighted by molar-refractivity contribution is -0.139. The van der Waals surface area contributed by atoms with Crippen molar-refractivity contribution >= 4 is 5.91 Å². The minimum atomic E-state index is -4.40. The fourth-order valence-corrected chi connectivity index (χ4v) is 1.39. The molecule has 4 nitrogen and oxygen atoms in total. The first-order chi connectivity index (χ1) is 8.78. The third-order valence-corrected chi connectivity index (χ3v) is 2.39. The van der Waals surface area contributed by atoms with Gasteiger partial charge in [0.1, 0.15) is 6.54 Å². The van der Waals surface area contributed by atoms with Crippen LogP contribution in [0.25, 0.3) is 0 Å². The number of hydrogen-bond donors (Lipinski definition) is 2. The normalized spacial score (nSPS) is 13.1. The van der Waals surface area contributed by atoms with Crippen LogP contribution in [-0.4, -0.2) is 29.7 Å². The van der Waals surface area contributed by atoms with Gasteiger partial charge in [0.2, 0.25) is 5.91 Å². The predicted molar refractivity (Wildman–Crippen MR) is 64.3 cm³/mol. The third kappa shape index (κ3) is 6.19. The van der Waals surface area contributed by atoms with Crippen LogP contribution in [0.2, 0.25) is 0 Å². The zero-order valence-corrected chi connectivity index (χ0v) is 10.7. The van der Waals surface area contributed by atoms with Crippen LogP contribution in [0.5, 0.6) is 0 Å². The minimum Gasteiger partial charge on any atom is -0.346 e. The minimum absolute atomic E-state index is 0.322. The van der Waals surface area contributed by atoms with E-state index in [9.17, 15) is 18.0 Å². The summed E-state index contributed by atoms with van der Waals surface area (Å²) in [4.78, 5) is 15.6. The summed E-state index contributed by atoms with van der Waals surface area (Å²) in [7, 11) is 0. The zero-order chi connectivity index (χ0) is 14.5. The van der Waals surface area contributed by atoms with E-state index in [0.29, 0.717) is 6.54 Å². The van der Waals surface area contributed by atoms with E-state index in [-0.39, 0.29) is 0 Å². The number of carbonyl (C=O) groups is 1. The highest BCUT2D eigenvalue weighted by Gasteiger charge is 2.28. The van der Waals surface area contributed by atoms with E-state index in [4.69, 9.17) is 0 Å². The summed E-state index contributed by atoms with van der Waals surface area (Å²) >= 11 is 0. The second-order valence-corrected chi connectivity index (χ2v) is 4.21. The lowest BCUT2D eigenvalue weighted by atomic mass is 10.2. The van der Waals surface area contributed by atoms with Gasteiger partial charge in [-0.25, -0.2) is 0 Å². The highest BCUT2D eigenvalue weighted by Crippen LogP contribution is 2.12. The van der Waals surface area contributed by atoms with E-state index in [1.54, 1.807) is 6.07 Å². The largest absolute Gasteiger partial charge is 0.405 e. The van der Waals surface area contributed by atoms with Crippen molar-refractivity contribution in [2.45, 2.75) is 32.6 Å². The van der Waals surface area contributed by atoms with Crippen LogP contribution in [0.4, 0.5) is 13.2 Å². The maximum absolute atomic E-state index is 11.9. The van der Waals surface area contributed by atoms with E-state index in [1.165, 1.54) is 6.92 Å². The number of aromatic nitrogens is 1. The van der Waals surface area contributed by atoms with Crippen molar-refractivity contribution in [1.29, 1.82) is 0 Å². The first-order valence-corrected chi connectivity index (χ1v) is 5.78. The summed E-state index contributed by atoms with van der Waals surface area (Å²) in [6.07, 6.45) is -4.40. The first-order valence-electron chi connectivity index (χ1n) is 5.78. The van der Waals surface area contributed by atoms with Crippen LogP contribution in [0, 0.1) is 6.92 Å². The fraction of sp³-hybridized carbons (Fsp3) is 0.500. The second kappa shape index (κ2) is 6.51. The number of carbonyl (C=O) groups excluding carboxylic acids is 1. The van der Waals surface area contributed by atoms with Crippen molar-refractivity contribution < 1.29 is 18.0 Å². The first kappa shape index (κ1) is 15.4. The Bertz CT molecular complexity index is 434. The van der Waals surface area contributed by atoms with Gasteiger partial charge in [0, 0.05) is 12.2 Å². The van der Waals surface area contributed by atoms with E-state index in [0.717, 1.165) is 11.4 Å². The lowest BCUT2D eigenvalue weighted by Crippen LogP contribution is -2.45. The summed E-state index contributed by atoms with van der Waals surface area (Å²) in [5.74, 6) is -0.690. The zero-order valence-electron chi connectivity index (χ0n) is 10.7. The molecule has 106 valence electrons. The number of halogens is 3. The maximum Gasteiger partial charge on any atom is 0.405 e. The molecule has 0 radical (unpaired) electrons. The molecule has 1 aromatic rings. The molecule has 7 heteroatoms. The van der Waals surface area contributed by atoms with Crippen LogP contribution in [0.3, 0.4) is 0 Å². The van der Waals surface area contributed by atoms with E-state index in [1.807, 2.05) is 24.4 Å². The number of pyridine rings is 1. The van der Waals surface area contributed by atoms with Gasteiger partial charge in [-0.15, -0.1) is 0 Å². The number of nitrogens with one attached hydrogen (secondary N) is 2. The van der Waals surface area contributed by atoms with Gasteiger partial charge >= 0.3 is 6.18 Å². The summed E-state index contributed by atoms with van der Waals surface area (Å²) < 4.78 is 35.8. The number of hydrogen-bond acceptors (Lipinski definition) is 3. The summed E-state index contributed by atoms with van der Waals surface area (Å²) in [6, 6.07) is 4.72. The summed E-state index contributed by atoms with van der Waals surface area (Å²) in [5, 5.41) is 4.64. The summed E-state index contributed by atoms with van der Waals surface area (Å²) in [5.41, 5.74) is 1.57. The van der Waals surface area contributed by atoms with E-state index >= 15 is 0 Å². The van der Waals surface area contributed by atoms with Crippen LogP contribution in [-0.2, 0) is 11.3 Å². The molecule has 0 spiro atoms. The van der Waals surface area contributed by atoms with Crippen LogP contribution >= 0.6 is 0 Å². The molecule has 1 amide bonds. The molecule has 1 atom stereocenters. The Morgan fingerprint density at radius 3 is 2.68 bits per heavy atom. The van der Waals surface area contributed by atoms with Gasteiger partial charge in [-0.2, -0.15) is 13.2 Å². The molecule has 0 saturated heterocycles. The molecule has 0 saturated carbocycles. The lowest BCUT2D eigenvalue weighted by Gasteiger charge is -2.15. The third-order valence-electron chi connectivity index (χ3n) is 2.39. The van der Waals surface area contributed by atoms with E-state index < -0.39 is 24.7 Å². The Morgan fingerprint density at radius 1 is 1.42 bits per heavy atom. The van der Waals surface area contributed by atoms with Crippen molar-refractivity contribution in [3.8, 4) is 0 Å². The molecule has 0 aromatic carbocycles. The van der Waals surface area contributed by atoms with Crippen molar-refractivity contribution in [3.05, 3.63) is 29.6 Å². The molecule has 2 N–H and O–H groups in total. The number of alkyl halides is 3. The quantitative estimate of drug-likeness (QED) is 0.857. The number of rotatable bonds is 5. The Kier molecular flexibility index (Phi) is 5.29. The SMILES string of the molecule is Cc1cccc(CNC(C)C(=O)NCC(F)(F)F)n1. The average molecular weight is 275 g/mol. The van der Waals surface area contributed by atoms with Gasteiger partial charge in [0.15, 0.2) is 0 Å². The van der Waals surface area contributed by atoms with Gasteiger partial charge in [0.25, 0.3) is 0 Å². The number of amides is 1. The molecule has 0 aliphatic carbocycles. The molecule has 0 aliphatic heterocycles. The Balaban J connectivity index is 2.38. The molecular weight excluding hydrogens is 259 g/mol. The van der Waals surface area contributed by atoms with Gasteiger partial charge in [-0.1, -0.05) is 6.07 Å². The van der Waals surface area contributed by atoms with Crippen LogP contribution in [0.1, 0.15) is 18.3 Å². The molecule has 0 bridgehead atoms. The molecular formula is C12H16F3N3O. The van der Waals surface area contributed by atoms with E-state index in [2.05, 4.69) is 10.3 Å². The van der Waals surface area contributed by atoms with Crippen molar-refractivity contribution in [2.24, 2.45) is 0 Å². The van der Waals surface area contributed by atoms with Gasteiger partial charge in [-0.05, 0) is 26.0 Å². The standard InChI is InChI=1S/C12H16F3N3O/c1-8-4-3-5-10(18-8)6-16-9(2)11(19)17-7-12(13,14)15/h3-5,9,16H,6-7H2,1-2H3,(H,17,19). The van der Waals surface area contributed by atoms with Crippen molar-refractivity contribution in [1.82, 2.24) is 15.6 Å². The van der Waals surface area contributed by atoms with Crippen LogP contribution < -0.4 is 10.6 Å². The monoisotopic (exact) mass is 275 g/mol. The maximum atomic E-state index is 11.9. The smallest absolute Gasteiger partial charge is 0.346 e. The molecule has 1 rings (SSSR count). The van der Waals surface area contributed by atoms with Crippen molar-refractivity contribution in [2.75, 3.05) is 6.54 Å². The number of nitrogens with zero attached hydrogens (tertiary/aromatic N) is 1. The topological polar surface area (TPSA) is 54.0 Å². The second-order valence-electron chi connectivity index (χ2n) is 4.21. The molecule has 1 aromatic heterocycles. The Labute approximate surface area is 109 Å². The highest BCUT2D eigenvalue weighted by atomic mass is 19.4. The highest BCUT2D eigenvalue weighted by molar-refractivity contribution is 5.81. The van der Waals surface area contributed by atoms with Crippen LogP contribution in [0.15, 0.2) is 18.2 Å². The fourth-order valence-electron chi connectivity index (χ4n) is 1.39. The molecule has 0 fully saturated rings. The molecule has 1 unspecified atom stereocenters. The van der Waals surface area contributed by atoms with Gasteiger partial charge in [-0.3, -0.25) is 9.78 Å². The molecule has 19 heavy (non-hydrogen) atoms. The molecule has 1 heterocycles. The average Bonchev–Trinajstić information content (AvgIpc) is 2.32. The Morgan fingerprint density at radius 2 is 2.11 bits per heavy atom. The van der Waals surface area contributed by atoms with Gasteiger partial charge in [0.05, 0.1) is 11.7 Å².